The number of ether oxygens (including phenoxy) is 1. The lowest BCUT2D eigenvalue weighted by molar-refractivity contribution is -0.150. The van der Waals surface area contributed by atoms with Gasteiger partial charge >= 0.3 is 11.9 Å². The number of hydrogen-bond acceptors (Lipinski definition) is 4. The first-order valence-corrected chi connectivity index (χ1v) is 12.9. The number of esters is 1. The largest absolute Gasteiger partial charge is 0.481 e. The van der Waals surface area contributed by atoms with E-state index in [2.05, 4.69) is 13.0 Å². The molecule has 1 fully saturated rings. The van der Waals surface area contributed by atoms with Crippen molar-refractivity contribution in [2.75, 3.05) is 0 Å². The highest BCUT2D eigenvalue weighted by Gasteiger charge is 2.31. The van der Waals surface area contributed by atoms with Crippen LogP contribution in [0.5, 0.6) is 0 Å². The fraction of sp³-hybridized carbons (Fsp3) is 0.778. The molecule has 4 unspecified atom stereocenters. The molecule has 0 amide bonds. The summed E-state index contributed by atoms with van der Waals surface area (Å²) in [7, 11) is 0. The number of carboxylic acids is 1. The van der Waals surface area contributed by atoms with Crippen LogP contribution in [0.3, 0.4) is 0 Å². The van der Waals surface area contributed by atoms with Crippen LogP contribution in [0.4, 0.5) is 0 Å². The second-order valence-corrected chi connectivity index (χ2v) is 9.29. The van der Waals surface area contributed by atoms with E-state index in [-0.39, 0.29) is 24.4 Å². The maximum Gasteiger partial charge on any atom is 0.303 e. The lowest BCUT2D eigenvalue weighted by Crippen LogP contribution is -2.31. The normalized spacial score (nSPS) is 21.5. The maximum atomic E-state index is 11.7. The highest BCUT2D eigenvalue weighted by molar-refractivity contribution is 5.67. The number of carbonyl (C=O) groups excluding carboxylic acids is 1. The summed E-state index contributed by atoms with van der Waals surface area (Å²) >= 11 is 0. The molecule has 0 aliphatic heterocycles. The lowest BCUT2D eigenvalue weighted by atomic mass is 9.81. The van der Waals surface area contributed by atoms with Crippen LogP contribution in [-0.4, -0.2) is 34.4 Å². The van der Waals surface area contributed by atoms with Gasteiger partial charge in [-0.25, -0.2) is 0 Å². The Bertz CT molecular complexity index is 568. The number of hydrogen-bond donors (Lipinski definition) is 2. The number of aliphatic hydroxyl groups excluding tert-OH is 1. The number of rotatable bonds is 16. The molecule has 5 nitrogen and oxygen atoms in total. The molecule has 184 valence electrons. The molecule has 0 aromatic rings. The van der Waals surface area contributed by atoms with Crippen LogP contribution in [0.1, 0.15) is 110 Å². The molecule has 5 heteroatoms. The minimum Gasteiger partial charge on any atom is -0.481 e. The van der Waals surface area contributed by atoms with Gasteiger partial charge in [-0.15, -0.1) is 0 Å². The molecule has 0 bridgehead atoms. The SMILES string of the molecule is CCCCCCCCC(O)/C=C/C=C/C1CCCCCC1C(CCCC(=O)O)OC(C)=O. The molecule has 2 N–H and O–H groups in total. The summed E-state index contributed by atoms with van der Waals surface area (Å²) in [5.41, 5.74) is 0. The summed E-state index contributed by atoms with van der Waals surface area (Å²) in [5, 5.41) is 19.1. The number of allylic oxidation sites excluding steroid dienone is 3. The first-order valence-electron chi connectivity index (χ1n) is 12.9. The van der Waals surface area contributed by atoms with Crippen LogP contribution in [0.2, 0.25) is 0 Å². The monoisotopic (exact) mass is 450 g/mol. The summed E-state index contributed by atoms with van der Waals surface area (Å²) in [6, 6.07) is 0. The molecule has 1 aliphatic carbocycles. The topological polar surface area (TPSA) is 83.8 Å². The van der Waals surface area contributed by atoms with E-state index in [1.54, 1.807) is 0 Å². The summed E-state index contributed by atoms with van der Waals surface area (Å²) in [5.74, 6) is -0.594. The Kier molecular flexibility index (Phi) is 15.9. The lowest BCUT2D eigenvalue weighted by Gasteiger charge is -2.30. The van der Waals surface area contributed by atoms with Crippen molar-refractivity contribution in [3.05, 3.63) is 24.3 Å². The average Bonchev–Trinajstić information content (AvgIpc) is 2.98. The van der Waals surface area contributed by atoms with Crippen molar-refractivity contribution in [3.63, 3.8) is 0 Å². The van der Waals surface area contributed by atoms with Crippen molar-refractivity contribution in [1.82, 2.24) is 0 Å². The number of aliphatic carboxylic acids is 1. The number of carbonyl (C=O) groups is 2. The first-order chi connectivity index (χ1) is 15.4. The van der Waals surface area contributed by atoms with E-state index in [4.69, 9.17) is 9.84 Å². The molecular formula is C27H46O5. The van der Waals surface area contributed by atoms with Crippen LogP contribution in [0.25, 0.3) is 0 Å². The second kappa shape index (κ2) is 17.9. The molecule has 4 atom stereocenters. The zero-order valence-electron chi connectivity index (χ0n) is 20.3. The van der Waals surface area contributed by atoms with Gasteiger partial charge in [0, 0.05) is 19.3 Å². The van der Waals surface area contributed by atoms with Crippen molar-refractivity contribution in [2.45, 2.75) is 122 Å². The molecule has 1 rings (SSSR count). The Hall–Kier alpha value is -1.62. The van der Waals surface area contributed by atoms with E-state index in [0.717, 1.165) is 38.5 Å². The zero-order valence-corrected chi connectivity index (χ0v) is 20.3. The Morgan fingerprint density at radius 1 is 0.969 bits per heavy atom. The minimum absolute atomic E-state index is 0.101. The molecule has 0 aromatic heterocycles. The smallest absolute Gasteiger partial charge is 0.303 e. The molecule has 0 aromatic carbocycles. The third kappa shape index (κ3) is 13.7. The highest BCUT2D eigenvalue weighted by Crippen LogP contribution is 2.35. The Morgan fingerprint density at radius 2 is 1.69 bits per heavy atom. The number of unbranched alkanes of at least 4 members (excludes halogenated alkanes) is 5. The molecule has 0 radical (unpaired) electrons. The van der Waals surface area contributed by atoms with Gasteiger partial charge in [0.15, 0.2) is 0 Å². The molecule has 0 spiro atoms. The van der Waals surface area contributed by atoms with Crippen molar-refractivity contribution in [1.29, 1.82) is 0 Å². The molecule has 1 aliphatic rings. The van der Waals surface area contributed by atoms with Crippen molar-refractivity contribution in [3.8, 4) is 0 Å². The standard InChI is InChI=1S/C27H46O5/c1-3-4-5-6-7-10-17-24(29)18-13-12-16-23-15-9-8-11-19-25(23)26(32-22(2)28)20-14-21-27(30)31/h12-13,16,18,23-26,29H,3-11,14-15,17,19-21H2,1-2H3,(H,30,31)/b16-12+,18-13+. The van der Waals surface area contributed by atoms with Gasteiger partial charge < -0.3 is 14.9 Å². The van der Waals surface area contributed by atoms with Crippen molar-refractivity contribution < 1.29 is 24.5 Å². The predicted molar refractivity (Wildman–Crippen MR) is 129 cm³/mol. The molecule has 1 saturated carbocycles. The summed E-state index contributed by atoms with van der Waals surface area (Å²) in [4.78, 5) is 22.6. The van der Waals surface area contributed by atoms with Gasteiger partial charge in [0.05, 0.1) is 6.10 Å². The predicted octanol–water partition coefficient (Wildman–Crippen LogP) is 6.59. The average molecular weight is 451 g/mol. The van der Waals surface area contributed by atoms with Crippen LogP contribution < -0.4 is 0 Å². The Morgan fingerprint density at radius 3 is 2.41 bits per heavy atom. The third-order valence-electron chi connectivity index (χ3n) is 6.46. The van der Waals surface area contributed by atoms with E-state index in [9.17, 15) is 14.7 Å². The molecule has 0 heterocycles. The van der Waals surface area contributed by atoms with Crippen molar-refractivity contribution >= 4 is 11.9 Å². The van der Waals surface area contributed by atoms with Crippen LogP contribution in [0, 0.1) is 11.8 Å². The van der Waals surface area contributed by atoms with Gasteiger partial charge in [0.1, 0.15) is 6.10 Å². The summed E-state index contributed by atoms with van der Waals surface area (Å²) in [6.45, 7) is 3.65. The number of aliphatic hydroxyl groups is 1. The van der Waals surface area contributed by atoms with Crippen LogP contribution in [-0.2, 0) is 14.3 Å². The quantitative estimate of drug-likeness (QED) is 0.120. The van der Waals surface area contributed by atoms with E-state index in [1.807, 2.05) is 18.2 Å². The van der Waals surface area contributed by atoms with Crippen molar-refractivity contribution in [2.24, 2.45) is 11.8 Å². The van der Waals surface area contributed by atoms with E-state index >= 15 is 0 Å². The van der Waals surface area contributed by atoms with Gasteiger partial charge in [-0.3, -0.25) is 9.59 Å². The van der Waals surface area contributed by atoms with E-state index in [1.165, 1.54) is 45.4 Å². The van der Waals surface area contributed by atoms with E-state index in [0.29, 0.717) is 18.8 Å². The van der Waals surface area contributed by atoms with Crippen LogP contribution >= 0.6 is 0 Å². The van der Waals surface area contributed by atoms with E-state index < -0.39 is 12.1 Å². The maximum absolute atomic E-state index is 11.7. The Labute approximate surface area is 195 Å². The fourth-order valence-electron chi connectivity index (χ4n) is 4.72. The second-order valence-electron chi connectivity index (χ2n) is 9.29. The van der Waals surface area contributed by atoms with Gasteiger partial charge in [0.25, 0.3) is 0 Å². The minimum atomic E-state index is -0.812. The Balaban J connectivity index is 2.60. The molecular weight excluding hydrogens is 404 g/mol. The summed E-state index contributed by atoms with van der Waals surface area (Å²) < 4.78 is 5.66. The highest BCUT2D eigenvalue weighted by atomic mass is 16.5. The van der Waals surface area contributed by atoms with Gasteiger partial charge in [-0.2, -0.15) is 0 Å². The fourth-order valence-corrected chi connectivity index (χ4v) is 4.72. The summed E-state index contributed by atoms with van der Waals surface area (Å²) in [6.07, 6.45) is 22.2. The molecule has 0 saturated heterocycles. The van der Waals surface area contributed by atoms with Gasteiger partial charge in [-0.05, 0) is 38.0 Å². The van der Waals surface area contributed by atoms with Crippen LogP contribution in [0.15, 0.2) is 24.3 Å². The zero-order chi connectivity index (χ0) is 23.6. The van der Waals surface area contributed by atoms with Gasteiger partial charge in [0.2, 0.25) is 0 Å². The first kappa shape index (κ1) is 28.4. The number of carboxylic acid groups (broad SMARTS) is 1. The van der Waals surface area contributed by atoms with Gasteiger partial charge in [-0.1, -0.05) is 89.0 Å². The molecule has 32 heavy (non-hydrogen) atoms. The third-order valence-corrected chi connectivity index (χ3v) is 6.46.